The molecule has 0 aliphatic heterocycles. The molecule has 1 N–H and O–H groups in total. The first kappa shape index (κ1) is 13.3. The Hall–Kier alpha value is -1.16. The first-order valence-electron chi connectivity index (χ1n) is 6.90. The SMILES string of the molecule is CCNC(Cc1cc(OC(C)C)ncn1)C1CC1. The van der Waals surface area contributed by atoms with Crippen molar-refractivity contribution in [2.24, 2.45) is 5.92 Å². The molecule has 1 aliphatic carbocycles. The van der Waals surface area contributed by atoms with Crippen molar-refractivity contribution in [2.75, 3.05) is 6.54 Å². The molecule has 0 bridgehead atoms. The lowest BCUT2D eigenvalue weighted by molar-refractivity contribution is 0.231. The average molecular weight is 249 g/mol. The fourth-order valence-corrected chi connectivity index (χ4v) is 2.19. The number of nitrogens with zero attached hydrogens (tertiary/aromatic N) is 2. The number of nitrogens with one attached hydrogen (secondary N) is 1. The topological polar surface area (TPSA) is 47.0 Å². The molecular weight excluding hydrogens is 226 g/mol. The molecule has 0 saturated heterocycles. The maximum absolute atomic E-state index is 5.60. The summed E-state index contributed by atoms with van der Waals surface area (Å²) in [7, 11) is 0. The van der Waals surface area contributed by atoms with Crippen molar-refractivity contribution < 1.29 is 4.74 Å². The summed E-state index contributed by atoms with van der Waals surface area (Å²) in [5.74, 6) is 1.51. The highest BCUT2D eigenvalue weighted by atomic mass is 16.5. The predicted octanol–water partition coefficient (Wildman–Crippen LogP) is 2.19. The number of aromatic nitrogens is 2. The highest BCUT2D eigenvalue weighted by molar-refractivity contribution is 5.15. The fraction of sp³-hybridized carbons (Fsp3) is 0.714. The Kier molecular flexibility index (Phi) is 4.53. The molecule has 1 fully saturated rings. The lowest BCUT2D eigenvalue weighted by atomic mass is 10.1. The van der Waals surface area contributed by atoms with Crippen molar-refractivity contribution in [3.8, 4) is 5.88 Å². The summed E-state index contributed by atoms with van der Waals surface area (Å²) < 4.78 is 5.60. The van der Waals surface area contributed by atoms with Crippen LogP contribution < -0.4 is 10.1 Å². The van der Waals surface area contributed by atoms with Crippen molar-refractivity contribution in [2.45, 2.75) is 52.2 Å². The summed E-state index contributed by atoms with van der Waals surface area (Å²) in [5.41, 5.74) is 1.07. The molecule has 0 aromatic carbocycles. The van der Waals surface area contributed by atoms with Crippen LogP contribution in [-0.2, 0) is 6.42 Å². The summed E-state index contributed by atoms with van der Waals surface area (Å²) in [6.07, 6.45) is 5.41. The van der Waals surface area contributed by atoms with Gasteiger partial charge in [-0.15, -0.1) is 0 Å². The Balaban J connectivity index is 1.98. The molecule has 0 amide bonds. The van der Waals surface area contributed by atoms with Gasteiger partial charge in [0.15, 0.2) is 0 Å². The molecule has 1 unspecified atom stereocenters. The van der Waals surface area contributed by atoms with Gasteiger partial charge >= 0.3 is 0 Å². The maximum atomic E-state index is 5.60. The second-order valence-corrected chi connectivity index (χ2v) is 5.22. The van der Waals surface area contributed by atoms with Gasteiger partial charge in [-0.05, 0) is 39.2 Å². The van der Waals surface area contributed by atoms with Crippen LogP contribution in [0.2, 0.25) is 0 Å². The molecule has 1 aromatic heterocycles. The van der Waals surface area contributed by atoms with E-state index in [0.29, 0.717) is 11.9 Å². The van der Waals surface area contributed by atoms with Crippen molar-refractivity contribution in [1.29, 1.82) is 0 Å². The van der Waals surface area contributed by atoms with Crippen LogP contribution in [0.15, 0.2) is 12.4 Å². The number of likely N-dealkylation sites (N-methyl/N-ethyl adjacent to an activating group) is 1. The summed E-state index contributed by atoms with van der Waals surface area (Å²) in [4.78, 5) is 8.49. The standard InChI is InChI=1S/C14H23N3O/c1-4-15-13(11-5-6-11)7-12-8-14(17-9-16-12)18-10(2)3/h8-11,13,15H,4-7H2,1-3H3. The molecule has 0 radical (unpaired) electrons. The summed E-state index contributed by atoms with van der Waals surface area (Å²) in [6, 6.07) is 2.52. The Morgan fingerprint density at radius 3 is 2.78 bits per heavy atom. The summed E-state index contributed by atoms with van der Waals surface area (Å²) in [5, 5.41) is 3.55. The first-order valence-corrected chi connectivity index (χ1v) is 6.90. The van der Waals surface area contributed by atoms with E-state index in [-0.39, 0.29) is 6.10 Å². The molecular formula is C14H23N3O. The van der Waals surface area contributed by atoms with Crippen molar-refractivity contribution >= 4 is 0 Å². The van der Waals surface area contributed by atoms with E-state index in [2.05, 4.69) is 22.2 Å². The van der Waals surface area contributed by atoms with Crippen LogP contribution in [0, 0.1) is 5.92 Å². The zero-order chi connectivity index (χ0) is 13.0. The Morgan fingerprint density at radius 2 is 2.17 bits per heavy atom. The van der Waals surface area contributed by atoms with Gasteiger partial charge in [0.1, 0.15) is 6.33 Å². The van der Waals surface area contributed by atoms with Crippen LogP contribution in [0.25, 0.3) is 0 Å². The molecule has 1 aliphatic rings. The molecule has 1 aromatic rings. The zero-order valence-corrected chi connectivity index (χ0v) is 11.5. The molecule has 100 valence electrons. The van der Waals surface area contributed by atoms with E-state index in [9.17, 15) is 0 Å². The lowest BCUT2D eigenvalue weighted by Gasteiger charge is -2.17. The zero-order valence-electron chi connectivity index (χ0n) is 11.5. The first-order chi connectivity index (χ1) is 8.69. The van der Waals surface area contributed by atoms with Crippen LogP contribution in [0.1, 0.15) is 39.3 Å². The fourth-order valence-electron chi connectivity index (χ4n) is 2.19. The molecule has 4 heteroatoms. The van der Waals surface area contributed by atoms with Gasteiger partial charge in [0.25, 0.3) is 0 Å². The van der Waals surface area contributed by atoms with Gasteiger partial charge in [0, 0.05) is 24.2 Å². The van der Waals surface area contributed by atoms with Crippen LogP contribution >= 0.6 is 0 Å². The van der Waals surface area contributed by atoms with Crippen LogP contribution in [-0.4, -0.2) is 28.7 Å². The quantitative estimate of drug-likeness (QED) is 0.804. The van der Waals surface area contributed by atoms with Gasteiger partial charge < -0.3 is 10.1 Å². The molecule has 1 saturated carbocycles. The molecule has 0 spiro atoms. The Morgan fingerprint density at radius 1 is 1.39 bits per heavy atom. The van der Waals surface area contributed by atoms with E-state index in [1.807, 2.05) is 19.9 Å². The number of hydrogen-bond donors (Lipinski definition) is 1. The van der Waals surface area contributed by atoms with Gasteiger partial charge in [0.2, 0.25) is 5.88 Å². The van der Waals surface area contributed by atoms with Gasteiger partial charge in [0.05, 0.1) is 6.10 Å². The second kappa shape index (κ2) is 6.14. The summed E-state index contributed by atoms with van der Waals surface area (Å²) in [6.45, 7) is 7.19. The minimum Gasteiger partial charge on any atom is -0.475 e. The third-order valence-corrected chi connectivity index (χ3v) is 3.14. The van der Waals surface area contributed by atoms with Crippen molar-refractivity contribution in [3.63, 3.8) is 0 Å². The molecule has 18 heavy (non-hydrogen) atoms. The number of hydrogen-bond acceptors (Lipinski definition) is 4. The maximum Gasteiger partial charge on any atom is 0.216 e. The van der Waals surface area contributed by atoms with E-state index < -0.39 is 0 Å². The highest BCUT2D eigenvalue weighted by Gasteiger charge is 2.30. The monoisotopic (exact) mass is 249 g/mol. The number of rotatable bonds is 7. The molecule has 4 nitrogen and oxygen atoms in total. The minimum absolute atomic E-state index is 0.153. The van der Waals surface area contributed by atoms with Crippen LogP contribution in [0.5, 0.6) is 5.88 Å². The van der Waals surface area contributed by atoms with Gasteiger partial charge in [-0.1, -0.05) is 6.92 Å². The average Bonchev–Trinajstić information content (AvgIpc) is 3.12. The Bertz CT molecular complexity index is 377. The predicted molar refractivity (Wildman–Crippen MR) is 71.7 cm³/mol. The smallest absolute Gasteiger partial charge is 0.216 e. The van der Waals surface area contributed by atoms with Crippen molar-refractivity contribution in [1.82, 2.24) is 15.3 Å². The number of ether oxygens (including phenoxy) is 1. The van der Waals surface area contributed by atoms with Gasteiger partial charge in [-0.2, -0.15) is 0 Å². The highest BCUT2D eigenvalue weighted by Crippen LogP contribution is 2.34. The second-order valence-electron chi connectivity index (χ2n) is 5.22. The van der Waals surface area contributed by atoms with Gasteiger partial charge in [-0.3, -0.25) is 0 Å². The van der Waals surface area contributed by atoms with E-state index in [4.69, 9.17) is 4.74 Å². The normalized spacial score (nSPS) is 16.9. The van der Waals surface area contributed by atoms with E-state index >= 15 is 0 Å². The van der Waals surface area contributed by atoms with Crippen molar-refractivity contribution in [3.05, 3.63) is 18.1 Å². The lowest BCUT2D eigenvalue weighted by Crippen LogP contribution is -2.33. The third kappa shape index (κ3) is 3.95. The molecule has 1 heterocycles. The van der Waals surface area contributed by atoms with Gasteiger partial charge in [-0.25, -0.2) is 9.97 Å². The van der Waals surface area contributed by atoms with Crippen LogP contribution in [0.3, 0.4) is 0 Å². The molecule has 1 atom stereocenters. The largest absolute Gasteiger partial charge is 0.475 e. The van der Waals surface area contributed by atoms with E-state index in [1.165, 1.54) is 12.8 Å². The van der Waals surface area contributed by atoms with Crippen LogP contribution in [0.4, 0.5) is 0 Å². The summed E-state index contributed by atoms with van der Waals surface area (Å²) >= 11 is 0. The van der Waals surface area contributed by atoms with E-state index in [0.717, 1.165) is 24.6 Å². The Labute approximate surface area is 109 Å². The third-order valence-electron chi connectivity index (χ3n) is 3.14. The minimum atomic E-state index is 0.153. The molecule has 2 rings (SSSR count). The van der Waals surface area contributed by atoms with E-state index in [1.54, 1.807) is 6.33 Å².